The lowest BCUT2D eigenvalue weighted by Gasteiger charge is -2.20. The van der Waals surface area contributed by atoms with Crippen LogP contribution < -0.4 is 21.1 Å². The Hall–Kier alpha value is -3.30. The lowest BCUT2D eigenvalue weighted by molar-refractivity contribution is -0.113. The number of hydrogen-bond donors (Lipinski definition) is 2. The number of pyridine rings is 1. The van der Waals surface area contributed by atoms with Gasteiger partial charge in [0.05, 0.1) is 29.5 Å². The number of aryl methyl sites for hydroxylation is 1. The van der Waals surface area contributed by atoms with E-state index in [1.165, 1.54) is 22.9 Å². The molecule has 1 saturated heterocycles. The number of nitrogens with one attached hydrogen (secondary N) is 2. The van der Waals surface area contributed by atoms with Crippen LogP contribution >= 0.6 is 11.8 Å². The zero-order valence-corrected chi connectivity index (χ0v) is 20.9. The first kappa shape index (κ1) is 23.1. The smallest absolute Gasteiger partial charge is 0.414 e. The molecule has 0 radical (unpaired) electrons. The Labute approximate surface area is 213 Å². The molecule has 2 aromatic carbocycles. The van der Waals surface area contributed by atoms with Crippen molar-refractivity contribution in [2.24, 2.45) is 0 Å². The normalized spacial score (nSPS) is 20.5. The van der Waals surface area contributed by atoms with Crippen molar-refractivity contribution in [2.75, 3.05) is 29.1 Å². The number of nitrogens with zero attached hydrogens (tertiary/aromatic N) is 2. The van der Waals surface area contributed by atoms with Gasteiger partial charge < -0.3 is 19.9 Å². The molecule has 2 N–H and O–H groups in total. The molecule has 9 heteroatoms. The highest BCUT2D eigenvalue weighted by atomic mass is 32.2. The molecule has 1 fully saturated rings. The number of anilines is 2. The molecule has 2 atom stereocenters. The minimum Gasteiger partial charge on any atom is -0.444 e. The van der Waals surface area contributed by atoms with Crippen LogP contribution in [-0.4, -0.2) is 41.5 Å². The fourth-order valence-electron chi connectivity index (χ4n) is 5.51. The van der Waals surface area contributed by atoms with Crippen molar-refractivity contribution in [3.63, 3.8) is 0 Å². The number of carbonyl (C=O) groups is 2. The summed E-state index contributed by atoms with van der Waals surface area (Å²) in [4.78, 5) is 39.4. The monoisotopic (exact) mass is 504 g/mol. The summed E-state index contributed by atoms with van der Waals surface area (Å²) in [7, 11) is 0. The van der Waals surface area contributed by atoms with Crippen LogP contribution in [0.4, 0.5) is 16.2 Å². The number of benzene rings is 2. The first-order chi connectivity index (χ1) is 17.5. The summed E-state index contributed by atoms with van der Waals surface area (Å²) in [6.07, 6.45) is 1.98. The van der Waals surface area contributed by atoms with Gasteiger partial charge in [-0.25, -0.2) is 4.79 Å². The predicted octanol–water partition coefficient (Wildman–Crippen LogP) is 4.06. The molecule has 6 rings (SSSR count). The summed E-state index contributed by atoms with van der Waals surface area (Å²) in [6, 6.07) is 13.6. The van der Waals surface area contributed by atoms with E-state index in [0.717, 1.165) is 53.0 Å². The van der Waals surface area contributed by atoms with Crippen LogP contribution in [0.15, 0.2) is 52.2 Å². The Morgan fingerprint density at radius 3 is 2.83 bits per heavy atom. The van der Waals surface area contributed by atoms with Crippen LogP contribution in [0.5, 0.6) is 0 Å². The number of thioether (sulfide) groups is 1. The van der Waals surface area contributed by atoms with Crippen molar-refractivity contribution in [1.82, 2.24) is 9.88 Å². The number of hydrogen-bond acceptors (Lipinski definition) is 6. The first-order valence-corrected chi connectivity index (χ1v) is 13.4. The van der Waals surface area contributed by atoms with Crippen LogP contribution in [0.1, 0.15) is 36.9 Å². The average Bonchev–Trinajstić information content (AvgIpc) is 3.45. The number of carbonyl (C=O) groups excluding carboxylic acids is 2. The van der Waals surface area contributed by atoms with Gasteiger partial charge in [-0.15, -0.1) is 11.8 Å². The Balaban J connectivity index is 1.07. The minimum atomic E-state index is -0.354. The van der Waals surface area contributed by atoms with Gasteiger partial charge in [-0.1, -0.05) is 19.1 Å². The van der Waals surface area contributed by atoms with Crippen LogP contribution in [0.25, 0.3) is 10.9 Å². The van der Waals surface area contributed by atoms with E-state index in [2.05, 4.69) is 29.7 Å². The first-order valence-electron chi connectivity index (χ1n) is 12.5. The molecule has 8 nitrogen and oxygen atoms in total. The van der Waals surface area contributed by atoms with E-state index < -0.39 is 0 Å². The molecule has 0 spiro atoms. The molecule has 0 aliphatic carbocycles. The second kappa shape index (κ2) is 9.29. The average molecular weight is 505 g/mol. The van der Waals surface area contributed by atoms with Gasteiger partial charge >= 0.3 is 6.09 Å². The van der Waals surface area contributed by atoms with Crippen LogP contribution in [0.3, 0.4) is 0 Å². The molecule has 3 aromatic rings. The van der Waals surface area contributed by atoms with E-state index in [-0.39, 0.29) is 29.7 Å². The molecular formula is C27H28N4O4S. The lowest BCUT2D eigenvalue weighted by Crippen LogP contribution is -2.27. The third-order valence-electron chi connectivity index (χ3n) is 7.25. The second-order valence-corrected chi connectivity index (χ2v) is 10.5. The second-order valence-electron chi connectivity index (χ2n) is 9.49. The Morgan fingerprint density at radius 2 is 1.97 bits per heavy atom. The summed E-state index contributed by atoms with van der Waals surface area (Å²) in [5.41, 5.74) is 5.09. The molecule has 4 heterocycles. The van der Waals surface area contributed by atoms with E-state index in [1.807, 2.05) is 28.8 Å². The zero-order valence-electron chi connectivity index (χ0n) is 20.1. The highest BCUT2D eigenvalue weighted by Gasteiger charge is 2.33. The Kier molecular flexibility index (Phi) is 5.97. The minimum absolute atomic E-state index is 0.0310. The summed E-state index contributed by atoms with van der Waals surface area (Å²) >= 11 is 1.50. The van der Waals surface area contributed by atoms with Crippen molar-refractivity contribution >= 4 is 46.0 Å². The number of fused-ring (bicyclic) bond motifs is 1. The zero-order chi connectivity index (χ0) is 24.8. The number of cyclic esters (lactones) is 1. The number of amides is 2. The highest BCUT2D eigenvalue weighted by molar-refractivity contribution is 8.00. The molecule has 2 amide bonds. The Morgan fingerprint density at radius 1 is 1.11 bits per heavy atom. The SMILES string of the molecule is CCc1ccc2ccc(=O)n3c2c1C(NCCC[C@@H]1CN(c2ccc4c(c2)NC(=O)CS4)C(=O)O1)C3. The molecule has 1 aromatic heterocycles. The maximum absolute atomic E-state index is 12.6. The quantitative estimate of drug-likeness (QED) is 0.472. The molecule has 36 heavy (non-hydrogen) atoms. The third-order valence-corrected chi connectivity index (χ3v) is 8.32. The summed E-state index contributed by atoms with van der Waals surface area (Å²) in [5, 5.41) is 7.63. The van der Waals surface area contributed by atoms with Gasteiger partial charge in [-0.2, -0.15) is 0 Å². The van der Waals surface area contributed by atoms with Gasteiger partial charge in [0.1, 0.15) is 6.10 Å². The largest absolute Gasteiger partial charge is 0.444 e. The molecule has 0 saturated carbocycles. The van der Waals surface area contributed by atoms with Crippen molar-refractivity contribution in [1.29, 1.82) is 0 Å². The van der Waals surface area contributed by atoms with Gasteiger partial charge in [0.15, 0.2) is 0 Å². The molecule has 186 valence electrons. The summed E-state index contributed by atoms with van der Waals surface area (Å²) in [6.45, 7) is 4.04. The van der Waals surface area contributed by atoms with Crippen LogP contribution in [-0.2, 0) is 22.5 Å². The third kappa shape index (κ3) is 4.06. The van der Waals surface area contributed by atoms with Gasteiger partial charge in [0, 0.05) is 23.2 Å². The van der Waals surface area contributed by atoms with Gasteiger partial charge in [-0.3, -0.25) is 14.5 Å². The number of rotatable bonds is 7. The topological polar surface area (TPSA) is 92.7 Å². The van der Waals surface area contributed by atoms with E-state index in [1.54, 1.807) is 11.0 Å². The lowest BCUT2D eigenvalue weighted by atomic mass is 9.97. The standard InChI is InChI=1S/C27H28N4O4S/c1-2-16-5-6-17-7-10-24(33)31-14-21(25(16)26(17)31)28-11-3-4-19-13-30(27(34)35-19)18-8-9-22-20(12-18)29-23(32)15-36-22/h5-10,12,19,21,28H,2-4,11,13-15H2,1H3,(H,29,32)/t19-,21?/m1/s1. The van der Waals surface area contributed by atoms with E-state index in [0.29, 0.717) is 18.8 Å². The Bertz CT molecular complexity index is 1440. The summed E-state index contributed by atoms with van der Waals surface area (Å²) < 4.78 is 7.52. The van der Waals surface area contributed by atoms with E-state index >= 15 is 0 Å². The fraction of sp³-hybridized carbons (Fsp3) is 0.370. The van der Waals surface area contributed by atoms with Crippen LogP contribution in [0, 0.1) is 0 Å². The van der Waals surface area contributed by atoms with Crippen molar-refractivity contribution in [3.05, 3.63) is 63.9 Å². The van der Waals surface area contributed by atoms with Crippen molar-refractivity contribution in [2.45, 2.75) is 49.8 Å². The molecule has 0 bridgehead atoms. The van der Waals surface area contributed by atoms with E-state index in [4.69, 9.17) is 4.74 Å². The number of ether oxygens (including phenoxy) is 1. The van der Waals surface area contributed by atoms with Crippen molar-refractivity contribution < 1.29 is 14.3 Å². The molecule has 3 aliphatic heterocycles. The van der Waals surface area contributed by atoms with Gasteiger partial charge in [-0.05, 0) is 66.6 Å². The summed E-state index contributed by atoms with van der Waals surface area (Å²) in [5.74, 6) is 0.379. The fourth-order valence-corrected chi connectivity index (χ4v) is 6.30. The molecule has 3 aliphatic rings. The molecular weight excluding hydrogens is 476 g/mol. The maximum atomic E-state index is 12.6. The highest BCUT2D eigenvalue weighted by Crippen LogP contribution is 2.36. The van der Waals surface area contributed by atoms with Gasteiger partial charge in [0.2, 0.25) is 5.91 Å². The van der Waals surface area contributed by atoms with Crippen LogP contribution in [0.2, 0.25) is 0 Å². The number of aromatic nitrogens is 1. The predicted molar refractivity (Wildman–Crippen MR) is 141 cm³/mol. The van der Waals surface area contributed by atoms with Gasteiger partial charge in [0.25, 0.3) is 5.56 Å². The van der Waals surface area contributed by atoms with Crippen molar-refractivity contribution in [3.8, 4) is 0 Å². The molecule has 1 unspecified atom stereocenters. The van der Waals surface area contributed by atoms with E-state index in [9.17, 15) is 14.4 Å². The maximum Gasteiger partial charge on any atom is 0.414 e.